The molecule has 0 spiro atoms. The van der Waals surface area contributed by atoms with E-state index in [4.69, 9.17) is 4.74 Å². The molecule has 1 aliphatic rings. The Morgan fingerprint density at radius 2 is 2.18 bits per heavy atom. The molecule has 0 aliphatic carbocycles. The third kappa shape index (κ3) is 1.64. The lowest BCUT2D eigenvalue weighted by Gasteiger charge is -2.15. The van der Waals surface area contributed by atoms with Gasteiger partial charge >= 0.3 is 5.97 Å². The summed E-state index contributed by atoms with van der Waals surface area (Å²) in [4.78, 5) is 11.0. The molecule has 0 saturated carbocycles. The number of para-hydroxylation sites is 1. The Hall–Kier alpha value is -2.03. The molecule has 86 valence electrons. The molecular weight excluding hydrogens is 214 g/mol. The Bertz CT molecular complexity index is 610. The molecule has 3 heteroatoms. The van der Waals surface area contributed by atoms with Crippen molar-refractivity contribution in [3.05, 3.63) is 48.2 Å². The van der Waals surface area contributed by atoms with Crippen LogP contribution in [0.4, 0.5) is 0 Å². The van der Waals surface area contributed by atoms with Crippen LogP contribution < -0.4 is 0 Å². The number of benzene rings is 1. The highest BCUT2D eigenvalue weighted by Gasteiger charge is 2.19. The van der Waals surface area contributed by atoms with Gasteiger partial charge in [-0.2, -0.15) is 0 Å². The Morgan fingerprint density at radius 1 is 1.35 bits per heavy atom. The lowest BCUT2D eigenvalue weighted by Crippen LogP contribution is -2.14. The summed E-state index contributed by atoms with van der Waals surface area (Å²) in [5.41, 5.74) is 2.42. The van der Waals surface area contributed by atoms with Gasteiger partial charge in [-0.3, -0.25) is 0 Å². The molecule has 2 heterocycles. The molecule has 3 rings (SSSR count). The number of carbonyl (C=O) groups excluding carboxylic acids is 1. The molecule has 3 nitrogen and oxygen atoms in total. The van der Waals surface area contributed by atoms with Crippen LogP contribution in [0.5, 0.6) is 0 Å². The van der Waals surface area contributed by atoms with E-state index in [1.54, 1.807) is 0 Å². The molecule has 0 bridgehead atoms. The molecular formula is C14H13NO2. The maximum Gasteiger partial charge on any atom is 0.330 e. The number of ether oxygens (including phenoxy) is 1. The van der Waals surface area contributed by atoms with Crippen LogP contribution in [0, 0.1) is 0 Å². The summed E-state index contributed by atoms with van der Waals surface area (Å²) in [7, 11) is 2.03. The van der Waals surface area contributed by atoms with Crippen molar-refractivity contribution < 1.29 is 9.53 Å². The number of aromatic nitrogens is 1. The fourth-order valence-corrected chi connectivity index (χ4v) is 2.33. The largest absolute Gasteiger partial charge is 0.462 e. The van der Waals surface area contributed by atoms with Gasteiger partial charge in [-0.25, -0.2) is 4.79 Å². The van der Waals surface area contributed by atoms with Gasteiger partial charge in [0.25, 0.3) is 0 Å². The van der Waals surface area contributed by atoms with Crippen molar-refractivity contribution in [2.45, 2.75) is 5.92 Å². The molecule has 1 aromatic heterocycles. The summed E-state index contributed by atoms with van der Waals surface area (Å²) >= 11 is 0. The quantitative estimate of drug-likeness (QED) is 0.700. The van der Waals surface area contributed by atoms with Crippen molar-refractivity contribution >= 4 is 16.9 Å². The molecule has 1 aliphatic heterocycles. The Labute approximate surface area is 99.3 Å². The fraction of sp³-hybridized carbons (Fsp3) is 0.214. The Morgan fingerprint density at radius 3 is 2.94 bits per heavy atom. The first-order valence-corrected chi connectivity index (χ1v) is 5.64. The van der Waals surface area contributed by atoms with E-state index in [0.29, 0.717) is 6.61 Å². The first kappa shape index (κ1) is 10.1. The van der Waals surface area contributed by atoms with E-state index in [2.05, 4.69) is 22.9 Å². The summed E-state index contributed by atoms with van der Waals surface area (Å²) in [6, 6.07) is 8.26. The molecule has 0 N–H and O–H groups in total. The monoisotopic (exact) mass is 227 g/mol. The normalized spacial score (nSPS) is 19.6. The number of carbonyl (C=O) groups is 1. The first-order chi connectivity index (χ1) is 8.25. The number of nitrogens with zero attached hydrogens (tertiary/aromatic N) is 1. The third-order valence-corrected chi connectivity index (χ3v) is 3.20. The lowest BCUT2D eigenvalue weighted by molar-refractivity contribution is -0.138. The van der Waals surface area contributed by atoms with Gasteiger partial charge in [-0.15, -0.1) is 0 Å². The van der Waals surface area contributed by atoms with Crippen molar-refractivity contribution in [3.8, 4) is 0 Å². The third-order valence-electron chi connectivity index (χ3n) is 3.20. The zero-order chi connectivity index (χ0) is 11.8. The molecule has 0 amide bonds. The second kappa shape index (κ2) is 3.77. The fourth-order valence-electron chi connectivity index (χ4n) is 2.33. The number of rotatable bonds is 1. The Kier molecular flexibility index (Phi) is 2.25. The topological polar surface area (TPSA) is 31.2 Å². The smallest absolute Gasteiger partial charge is 0.330 e. The first-order valence-electron chi connectivity index (χ1n) is 5.64. The van der Waals surface area contributed by atoms with Crippen LogP contribution in [-0.4, -0.2) is 17.1 Å². The van der Waals surface area contributed by atoms with Gasteiger partial charge in [0.05, 0.1) is 0 Å². The summed E-state index contributed by atoms with van der Waals surface area (Å²) in [6.45, 7) is 0.434. The Balaban J connectivity index is 2.12. The van der Waals surface area contributed by atoms with E-state index < -0.39 is 0 Å². The molecule has 1 unspecified atom stereocenters. The van der Waals surface area contributed by atoms with Gasteiger partial charge in [0, 0.05) is 36.1 Å². The van der Waals surface area contributed by atoms with E-state index in [-0.39, 0.29) is 11.9 Å². The number of hydrogen-bond acceptors (Lipinski definition) is 2. The van der Waals surface area contributed by atoms with Crippen LogP contribution in [0.3, 0.4) is 0 Å². The second-order valence-corrected chi connectivity index (χ2v) is 4.31. The van der Waals surface area contributed by atoms with Crippen LogP contribution in [-0.2, 0) is 16.6 Å². The van der Waals surface area contributed by atoms with Crippen molar-refractivity contribution in [2.75, 3.05) is 6.61 Å². The minimum atomic E-state index is -0.249. The van der Waals surface area contributed by atoms with Crippen LogP contribution in [0.25, 0.3) is 10.9 Å². The summed E-state index contributed by atoms with van der Waals surface area (Å²) in [5, 5.41) is 1.22. The molecule has 0 radical (unpaired) electrons. The van der Waals surface area contributed by atoms with Gasteiger partial charge in [0.15, 0.2) is 0 Å². The zero-order valence-corrected chi connectivity index (χ0v) is 9.59. The number of fused-ring (bicyclic) bond motifs is 1. The summed E-state index contributed by atoms with van der Waals surface area (Å²) in [6.07, 6.45) is 5.54. The number of aryl methyl sites for hydroxylation is 1. The molecule has 1 atom stereocenters. The molecule has 1 aromatic carbocycles. The SMILES string of the molecule is Cn1cc(C2C=CC(=O)OC2)c2ccccc21. The average Bonchev–Trinajstić information content (AvgIpc) is 2.69. The molecule has 2 aromatic rings. The van der Waals surface area contributed by atoms with E-state index in [0.717, 1.165) is 0 Å². The van der Waals surface area contributed by atoms with Crippen molar-refractivity contribution in [1.82, 2.24) is 4.57 Å². The zero-order valence-electron chi connectivity index (χ0n) is 9.59. The van der Waals surface area contributed by atoms with E-state index in [1.807, 2.05) is 25.3 Å². The van der Waals surface area contributed by atoms with Crippen LogP contribution >= 0.6 is 0 Å². The van der Waals surface area contributed by atoms with Crippen molar-refractivity contribution in [1.29, 1.82) is 0 Å². The van der Waals surface area contributed by atoms with E-state index in [1.165, 1.54) is 22.5 Å². The maximum atomic E-state index is 11.0. The second-order valence-electron chi connectivity index (χ2n) is 4.31. The predicted molar refractivity (Wildman–Crippen MR) is 65.8 cm³/mol. The number of hydrogen-bond donors (Lipinski definition) is 0. The van der Waals surface area contributed by atoms with Gasteiger partial charge in [0.1, 0.15) is 6.61 Å². The predicted octanol–water partition coefficient (Wildman–Crippen LogP) is 2.37. The summed E-state index contributed by atoms with van der Waals surface area (Å²) < 4.78 is 7.17. The molecule has 0 saturated heterocycles. The minimum Gasteiger partial charge on any atom is -0.462 e. The van der Waals surface area contributed by atoms with Crippen molar-refractivity contribution in [2.24, 2.45) is 7.05 Å². The average molecular weight is 227 g/mol. The maximum absolute atomic E-state index is 11.0. The summed E-state index contributed by atoms with van der Waals surface area (Å²) in [5.74, 6) is -0.0831. The van der Waals surface area contributed by atoms with E-state index >= 15 is 0 Å². The highest BCUT2D eigenvalue weighted by Crippen LogP contribution is 2.29. The molecule has 17 heavy (non-hydrogen) atoms. The molecule has 0 fully saturated rings. The highest BCUT2D eigenvalue weighted by molar-refractivity contribution is 5.86. The number of esters is 1. The van der Waals surface area contributed by atoms with Gasteiger partial charge < -0.3 is 9.30 Å². The van der Waals surface area contributed by atoms with Gasteiger partial charge in [-0.05, 0) is 11.6 Å². The number of cyclic esters (lactones) is 1. The standard InChI is InChI=1S/C14H13NO2/c1-15-8-12(10-6-7-14(16)17-9-10)11-4-2-3-5-13(11)15/h2-8,10H,9H2,1H3. The van der Waals surface area contributed by atoms with Crippen LogP contribution in [0.2, 0.25) is 0 Å². The van der Waals surface area contributed by atoms with Crippen LogP contribution in [0.15, 0.2) is 42.6 Å². The lowest BCUT2D eigenvalue weighted by atomic mass is 9.98. The van der Waals surface area contributed by atoms with Crippen LogP contribution in [0.1, 0.15) is 11.5 Å². The van der Waals surface area contributed by atoms with Crippen molar-refractivity contribution in [3.63, 3.8) is 0 Å². The van der Waals surface area contributed by atoms with E-state index in [9.17, 15) is 4.79 Å². The van der Waals surface area contributed by atoms with Gasteiger partial charge in [0.2, 0.25) is 0 Å². The highest BCUT2D eigenvalue weighted by atomic mass is 16.5. The minimum absolute atomic E-state index is 0.166. The van der Waals surface area contributed by atoms with Gasteiger partial charge in [-0.1, -0.05) is 24.3 Å².